The van der Waals surface area contributed by atoms with E-state index in [2.05, 4.69) is 25.8 Å². The summed E-state index contributed by atoms with van der Waals surface area (Å²) in [5, 5.41) is 11.0. The molecule has 0 amide bonds. The molecule has 0 bridgehead atoms. The molecule has 0 aliphatic rings. The van der Waals surface area contributed by atoms with Gasteiger partial charge in [-0.25, -0.2) is 4.99 Å². The number of nitrogens with one attached hydrogen (secondary N) is 2. The maximum absolute atomic E-state index is 6.02. The molecule has 0 saturated carbocycles. The van der Waals surface area contributed by atoms with Crippen LogP contribution >= 0.6 is 11.6 Å². The molecule has 0 spiro atoms. The lowest BCUT2D eigenvalue weighted by Gasteiger charge is -2.11. The van der Waals surface area contributed by atoms with Gasteiger partial charge in [0.05, 0.1) is 27.3 Å². The summed E-state index contributed by atoms with van der Waals surface area (Å²) < 4.78 is 16.0. The molecular weight excluding hydrogens is 406 g/mol. The molecule has 0 atom stereocenters. The topological polar surface area (TPSA) is 93.8 Å². The van der Waals surface area contributed by atoms with E-state index in [1.165, 1.54) is 0 Å². The fraction of sp³-hybridized carbons (Fsp3) is 0.286. The van der Waals surface area contributed by atoms with E-state index in [4.69, 9.17) is 25.6 Å². The average Bonchev–Trinajstić information content (AvgIpc) is 3.24. The van der Waals surface area contributed by atoms with E-state index < -0.39 is 0 Å². The lowest BCUT2D eigenvalue weighted by atomic mass is 10.2. The molecule has 30 heavy (non-hydrogen) atoms. The highest BCUT2D eigenvalue weighted by Gasteiger charge is 2.10. The summed E-state index contributed by atoms with van der Waals surface area (Å²) in [5.74, 6) is 3.00. The van der Waals surface area contributed by atoms with Crippen molar-refractivity contribution in [1.29, 1.82) is 0 Å². The second kappa shape index (κ2) is 10.5. The van der Waals surface area contributed by atoms with Gasteiger partial charge in [0.2, 0.25) is 11.7 Å². The average molecular weight is 430 g/mol. The van der Waals surface area contributed by atoms with Crippen LogP contribution in [0, 0.1) is 0 Å². The van der Waals surface area contributed by atoms with Crippen molar-refractivity contribution in [2.45, 2.75) is 20.0 Å². The van der Waals surface area contributed by atoms with Crippen LogP contribution in [0.1, 0.15) is 18.4 Å². The monoisotopic (exact) mass is 429 g/mol. The number of nitrogens with zero attached hydrogens (tertiary/aromatic N) is 3. The van der Waals surface area contributed by atoms with Gasteiger partial charge in [0.25, 0.3) is 0 Å². The van der Waals surface area contributed by atoms with Crippen molar-refractivity contribution in [1.82, 2.24) is 20.8 Å². The first-order chi connectivity index (χ1) is 14.6. The molecule has 0 aliphatic heterocycles. The molecule has 0 saturated heterocycles. The Labute approximate surface area is 180 Å². The Hall–Kier alpha value is -3.26. The number of hydrogen-bond donors (Lipinski definition) is 2. The van der Waals surface area contributed by atoms with Gasteiger partial charge in [-0.3, -0.25) is 0 Å². The van der Waals surface area contributed by atoms with Crippen molar-refractivity contribution in [3.8, 4) is 22.9 Å². The Morgan fingerprint density at radius 1 is 1.13 bits per heavy atom. The summed E-state index contributed by atoms with van der Waals surface area (Å²) in [5.41, 5.74) is 1.74. The van der Waals surface area contributed by atoms with Crippen LogP contribution < -0.4 is 20.1 Å². The van der Waals surface area contributed by atoms with Crippen LogP contribution in [-0.4, -0.2) is 36.9 Å². The summed E-state index contributed by atoms with van der Waals surface area (Å²) in [6, 6.07) is 12.9. The van der Waals surface area contributed by atoms with Crippen LogP contribution in [0.25, 0.3) is 11.4 Å². The molecular formula is C21H24ClN5O3. The van der Waals surface area contributed by atoms with Gasteiger partial charge in [0, 0.05) is 28.8 Å². The van der Waals surface area contributed by atoms with Crippen LogP contribution in [-0.2, 0) is 13.1 Å². The fourth-order valence-corrected chi connectivity index (χ4v) is 2.91. The lowest BCUT2D eigenvalue weighted by Crippen LogP contribution is -2.36. The summed E-state index contributed by atoms with van der Waals surface area (Å²) in [7, 11) is 3.24. The predicted octanol–water partition coefficient (Wildman–Crippen LogP) is 3.66. The zero-order valence-corrected chi connectivity index (χ0v) is 17.9. The minimum absolute atomic E-state index is 0.332. The van der Waals surface area contributed by atoms with Crippen molar-refractivity contribution >= 4 is 17.6 Å². The second-order valence-electron chi connectivity index (χ2n) is 6.25. The van der Waals surface area contributed by atoms with Gasteiger partial charge >= 0.3 is 0 Å². The molecule has 1 heterocycles. The van der Waals surface area contributed by atoms with Gasteiger partial charge in [-0.05, 0) is 31.2 Å². The van der Waals surface area contributed by atoms with E-state index in [9.17, 15) is 0 Å². The first-order valence-corrected chi connectivity index (χ1v) is 9.82. The standard InChI is InChI=1S/C21H24ClN5O3/c1-4-23-21(24-12-15-8-9-17(28-2)11-18(15)29-3)25-13-19-26-20(27-30-19)14-6-5-7-16(22)10-14/h5-11H,4,12-13H2,1-3H3,(H2,23,24,25). The van der Waals surface area contributed by atoms with Crippen LogP contribution in [0.4, 0.5) is 0 Å². The molecule has 0 fully saturated rings. The number of aliphatic imine (C=N–C) groups is 1. The minimum Gasteiger partial charge on any atom is -0.497 e. The Balaban J connectivity index is 1.66. The third kappa shape index (κ3) is 5.64. The molecule has 0 aliphatic carbocycles. The second-order valence-corrected chi connectivity index (χ2v) is 6.69. The quantitative estimate of drug-likeness (QED) is 0.416. The SMILES string of the molecule is CCNC(=NCc1ccc(OC)cc1OC)NCc1nc(-c2cccc(Cl)c2)no1. The van der Waals surface area contributed by atoms with E-state index >= 15 is 0 Å². The van der Waals surface area contributed by atoms with Crippen LogP contribution in [0.3, 0.4) is 0 Å². The van der Waals surface area contributed by atoms with E-state index in [-0.39, 0.29) is 0 Å². The minimum atomic E-state index is 0.332. The summed E-state index contributed by atoms with van der Waals surface area (Å²) >= 11 is 6.02. The number of methoxy groups -OCH3 is 2. The normalized spacial score (nSPS) is 11.3. The van der Waals surface area contributed by atoms with Gasteiger partial charge in [-0.2, -0.15) is 4.98 Å². The number of aromatic nitrogens is 2. The third-order valence-electron chi connectivity index (χ3n) is 4.20. The smallest absolute Gasteiger partial charge is 0.246 e. The highest BCUT2D eigenvalue weighted by atomic mass is 35.5. The number of guanidine groups is 1. The molecule has 2 aromatic carbocycles. The Kier molecular flexibility index (Phi) is 7.51. The van der Waals surface area contributed by atoms with E-state index in [0.29, 0.717) is 42.3 Å². The Bertz CT molecular complexity index is 1010. The van der Waals surface area contributed by atoms with Crippen molar-refractivity contribution < 1.29 is 14.0 Å². The van der Waals surface area contributed by atoms with Gasteiger partial charge in [-0.1, -0.05) is 28.9 Å². The van der Waals surface area contributed by atoms with Crippen molar-refractivity contribution in [3.05, 3.63) is 58.9 Å². The molecule has 3 aromatic rings. The highest BCUT2D eigenvalue weighted by molar-refractivity contribution is 6.30. The lowest BCUT2D eigenvalue weighted by molar-refractivity contribution is 0.375. The Morgan fingerprint density at radius 3 is 2.73 bits per heavy atom. The maximum atomic E-state index is 6.02. The number of rotatable bonds is 8. The molecule has 8 nitrogen and oxygen atoms in total. The summed E-state index contributed by atoms with van der Waals surface area (Å²) in [4.78, 5) is 9.01. The summed E-state index contributed by atoms with van der Waals surface area (Å²) in [6.45, 7) is 3.47. The highest BCUT2D eigenvalue weighted by Crippen LogP contribution is 2.25. The first-order valence-electron chi connectivity index (χ1n) is 9.44. The van der Waals surface area contributed by atoms with Gasteiger partial charge < -0.3 is 24.6 Å². The zero-order valence-electron chi connectivity index (χ0n) is 17.1. The Morgan fingerprint density at radius 2 is 2.00 bits per heavy atom. The molecule has 1 aromatic heterocycles. The van der Waals surface area contributed by atoms with Gasteiger partial charge in [0.15, 0.2) is 5.96 Å². The van der Waals surface area contributed by atoms with Crippen molar-refractivity contribution in [2.75, 3.05) is 20.8 Å². The molecule has 9 heteroatoms. The third-order valence-corrected chi connectivity index (χ3v) is 4.44. The van der Waals surface area contributed by atoms with E-state index in [1.807, 2.05) is 37.3 Å². The largest absolute Gasteiger partial charge is 0.497 e. The number of hydrogen-bond acceptors (Lipinski definition) is 6. The summed E-state index contributed by atoms with van der Waals surface area (Å²) in [6.07, 6.45) is 0. The molecule has 158 valence electrons. The van der Waals surface area contributed by atoms with E-state index in [1.54, 1.807) is 26.4 Å². The zero-order chi connectivity index (χ0) is 21.3. The van der Waals surface area contributed by atoms with Crippen LogP contribution in [0.2, 0.25) is 5.02 Å². The predicted molar refractivity (Wildman–Crippen MR) is 116 cm³/mol. The van der Waals surface area contributed by atoms with Gasteiger partial charge in [0.1, 0.15) is 11.5 Å². The number of ether oxygens (including phenoxy) is 2. The van der Waals surface area contributed by atoms with Crippen LogP contribution in [0.15, 0.2) is 52.0 Å². The molecule has 0 radical (unpaired) electrons. The van der Waals surface area contributed by atoms with Crippen LogP contribution in [0.5, 0.6) is 11.5 Å². The molecule has 0 unspecified atom stereocenters. The number of halogens is 1. The number of benzene rings is 2. The van der Waals surface area contributed by atoms with Crippen molar-refractivity contribution in [3.63, 3.8) is 0 Å². The molecule has 3 rings (SSSR count). The fourth-order valence-electron chi connectivity index (χ4n) is 2.72. The van der Waals surface area contributed by atoms with Crippen molar-refractivity contribution in [2.24, 2.45) is 4.99 Å². The maximum Gasteiger partial charge on any atom is 0.246 e. The van der Waals surface area contributed by atoms with Gasteiger partial charge in [-0.15, -0.1) is 0 Å². The van der Waals surface area contributed by atoms with E-state index in [0.717, 1.165) is 22.6 Å². The molecule has 2 N–H and O–H groups in total. The first kappa shape index (κ1) is 21.4.